The van der Waals surface area contributed by atoms with Crippen LogP contribution in [-0.4, -0.2) is 6.61 Å². The van der Waals surface area contributed by atoms with Gasteiger partial charge in [-0.25, -0.2) is 0 Å². The molecule has 1 unspecified atom stereocenters. The van der Waals surface area contributed by atoms with Gasteiger partial charge in [-0.05, 0) is 54.2 Å². The van der Waals surface area contributed by atoms with Gasteiger partial charge in [0.15, 0.2) is 0 Å². The van der Waals surface area contributed by atoms with Gasteiger partial charge in [0.2, 0.25) is 0 Å². The molecule has 0 bridgehead atoms. The molecule has 3 rings (SSSR count). The second kappa shape index (κ2) is 6.08. The van der Waals surface area contributed by atoms with Crippen molar-refractivity contribution in [2.75, 3.05) is 6.61 Å². The van der Waals surface area contributed by atoms with Crippen LogP contribution in [0.25, 0.3) is 0 Å². The maximum absolute atomic E-state index is 6.29. The highest BCUT2D eigenvalue weighted by Gasteiger charge is 2.13. The second-order valence-corrected chi connectivity index (χ2v) is 6.10. The summed E-state index contributed by atoms with van der Waals surface area (Å²) >= 11 is 6.17. The van der Waals surface area contributed by atoms with Crippen molar-refractivity contribution in [3.63, 3.8) is 0 Å². The molecular formula is C18H20ClNO. The number of hydrogen-bond acceptors (Lipinski definition) is 2. The van der Waals surface area contributed by atoms with Crippen molar-refractivity contribution in [3.8, 4) is 5.75 Å². The maximum atomic E-state index is 6.29. The molecule has 1 atom stereocenters. The SMILES string of the molecule is Cc1ccc(C(N)CCc2ccc3c(c2)CCO3)cc1Cl. The van der Waals surface area contributed by atoms with Crippen LogP contribution in [0.2, 0.25) is 5.02 Å². The van der Waals surface area contributed by atoms with E-state index in [0.29, 0.717) is 0 Å². The molecule has 0 aromatic heterocycles. The molecule has 0 saturated heterocycles. The minimum Gasteiger partial charge on any atom is -0.493 e. The Kier molecular flexibility index (Phi) is 4.18. The number of fused-ring (bicyclic) bond motifs is 1. The van der Waals surface area contributed by atoms with Gasteiger partial charge in [0, 0.05) is 17.5 Å². The predicted octanol–water partition coefficient (Wildman–Crippen LogP) is 4.22. The monoisotopic (exact) mass is 301 g/mol. The molecule has 0 spiro atoms. The number of benzene rings is 2. The van der Waals surface area contributed by atoms with Gasteiger partial charge in [-0.2, -0.15) is 0 Å². The first-order chi connectivity index (χ1) is 10.1. The number of halogens is 1. The Bertz CT molecular complexity index is 654. The van der Waals surface area contributed by atoms with E-state index < -0.39 is 0 Å². The lowest BCUT2D eigenvalue weighted by Crippen LogP contribution is -2.11. The first-order valence-corrected chi connectivity index (χ1v) is 7.77. The Morgan fingerprint density at radius 2 is 2.10 bits per heavy atom. The van der Waals surface area contributed by atoms with E-state index in [1.807, 2.05) is 19.1 Å². The molecule has 110 valence electrons. The van der Waals surface area contributed by atoms with Crippen LogP contribution in [0.3, 0.4) is 0 Å². The van der Waals surface area contributed by atoms with Crippen molar-refractivity contribution in [1.29, 1.82) is 0 Å². The van der Waals surface area contributed by atoms with E-state index in [1.54, 1.807) is 0 Å². The number of ether oxygens (including phenoxy) is 1. The summed E-state index contributed by atoms with van der Waals surface area (Å²) in [5, 5.41) is 0.789. The van der Waals surface area contributed by atoms with Crippen LogP contribution in [0.4, 0.5) is 0 Å². The van der Waals surface area contributed by atoms with Crippen LogP contribution in [-0.2, 0) is 12.8 Å². The number of hydrogen-bond donors (Lipinski definition) is 1. The highest BCUT2D eigenvalue weighted by Crippen LogP contribution is 2.27. The molecule has 1 heterocycles. The summed E-state index contributed by atoms with van der Waals surface area (Å²) in [5.74, 6) is 1.04. The third kappa shape index (κ3) is 3.22. The molecule has 2 nitrogen and oxygen atoms in total. The van der Waals surface area contributed by atoms with E-state index in [9.17, 15) is 0 Å². The molecule has 0 aliphatic carbocycles. The fourth-order valence-electron chi connectivity index (χ4n) is 2.72. The highest BCUT2D eigenvalue weighted by atomic mass is 35.5. The summed E-state index contributed by atoms with van der Waals surface area (Å²) in [4.78, 5) is 0. The van der Waals surface area contributed by atoms with Crippen molar-refractivity contribution in [1.82, 2.24) is 0 Å². The van der Waals surface area contributed by atoms with Gasteiger partial charge in [-0.1, -0.05) is 35.9 Å². The van der Waals surface area contributed by atoms with Gasteiger partial charge >= 0.3 is 0 Å². The molecule has 2 aromatic carbocycles. The minimum absolute atomic E-state index is 0.0209. The van der Waals surface area contributed by atoms with Crippen LogP contribution in [0, 0.1) is 6.92 Å². The fraction of sp³-hybridized carbons (Fsp3) is 0.333. The highest BCUT2D eigenvalue weighted by molar-refractivity contribution is 6.31. The first-order valence-electron chi connectivity index (χ1n) is 7.40. The quantitative estimate of drug-likeness (QED) is 0.918. The average molecular weight is 302 g/mol. The molecule has 0 fully saturated rings. The Morgan fingerprint density at radius 3 is 2.90 bits per heavy atom. The Balaban J connectivity index is 1.65. The smallest absolute Gasteiger partial charge is 0.122 e. The molecule has 1 aliphatic rings. The molecule has 0 amide bonds. The van der Waals surface area contributed by atoms with Gasteiger partial charge < -0.3 is 10.5 Å². The number of nitrogens with two attached hydrogens (primary N) is 1. The molecule has 2 aromatic rings. The van der Waals surface area contributed by atoms with E-state index in [4.69, 9.17) is 22.1 Å². The Hall–Kier alpha value is -1.51. The van der Waals surface area contributed by atoms with Crippen molar-refractivity contribution >= 4 is 11.6 Å². The van der Waals surface area contributed by atoms with Crippen LogP contribution in [0.15, 0.2) is 36.4 Å². The van der Waals surface area contributed by atoms with Crippen molar-refractivity contribution < 1.29 is 4.74 Å². The zero-order valence-corrected chi connectivity index (χ0v) is 13.0. The lowest BCUT2D eigenvalue weighted by Gasteiger charge is -2.13. The van der Waals surface area contributed by atoms with Crippen LogP contribution < -0.4 is 10.5 Å². The Labute approximate surface area is 130 Å². The largest absolute Gasteiger partial charge is 0.493 e. The summed E-state index contributed by atoms with van der Waals surface area (Å²) in [6, 6.07) is 12.6. The number of rotatable bonds is 4. The topological polar surface area (TPSA) is 35.2 Å². The lowest BCUT2D eigenvalue weighted by atomic mass is 9.98. The minimum atomic E-state index is 0.0209. The van der Waals surface area contributed by atoms with E-state index >= 15 is 0 Å². The summed E-state index contributed by atoms with van der Waals surface area (Å²) < 4.78 is 5.53. The standard InChI is InChI=1S/C18H20ClNO/c1-12-2-5-14(11-16(12)19)17(20)6-3-13-4-7-18-15(10-13)8-9-21-18/h2,4-5,7,10-11,17H,3,6,8-9,20H2,1H3. The fourth-order valence-corrected chi connectivity index (χ4v) is 2.91. The van der Waals surface area contributed by atoms with Crippen molar-refractivity contribution in [2.45, 2.75) is 32.2 Å². The maximum Gasteiger partial charge on any atom is 0.122 e. The lowest BCUT2D eigenvalue weighted by molar-refractivity contribution is 0.357. The molecular weight excluding hydrogens is 282 g/mol. The van der Waals surface area contributed by atoms with Crippen molar-refractivity contribution in [2.24, 2.45) is 5.73 Å². The van der Waals surface area contributed by atoms with Crippen LogP contribution in [0.1, 0.15) is 34.7 Å². The molecule has 3 heteroatoms. The normalized spacial score (nSPS) is 14.6. The van der Waals surface area contributed by atoms with Gasteiger partial charge in [0.05, 0.1) is 6.61 Å². The van der Waals surface area contributed by atoms with E-state index in [-0.39, 0.29) is 6.04 Å². The third-order valence-corrected chi connectivity index (χ3v) is 4.53. The summed E-state index contributed by atoms with van der Waals surface area (Å²) in [7, 11) is 0. The van der Waals surface area contributed by atoms with Crippen molar-refractivity contribution in [3.05, 3.63) is 63.7 Å². The second-order valence-electron chi connectivity index (χ2n) is 5.69. The molecule has 2 N–H and O–H groups in total. The van der Waals surface area contributed by atoms with Gasteiger partial charge in [0.25, 0.3) is 0 Å². The zero-order valence-electron chi connectivity index (χ0n) is 12.2. The summed E-state index contributed by atoms with van der Waals surface area (Å²) in [6.07, 6.45) is 2.90. The van der Waals surface area contributed by atoms with E-state index in [0.717, 1.165) is 47.8 Å². The van der Waals surface area contributed by atoms with Crippen LogP contribution >= 0.6 is 11.6 Å². The van der Waals surface area contributed by atoms with Crippen LogP contribution in [0.5, 0.6) is 5.75 Å². The molecule has 1 aliphatic heterocycles. The molecule has 0 radical (unpaired) electrons. The number of aryl methyl sites for hydroxylation is 2. The summed E-state index contributed by atoms with van der Waals surface area (Å²) in [6.45, 7) is 2.81. The van der Waals surface area contributed by atoms with Gasteiger partial charge in [-0.3, -0.25) is 0 Å². The average Bonchev–Trinajstić information content (AvgIpc) is 2.95. The van der Waals surface area contributed by atoms with E-state index in [1.165, 1.54) is 11.1 Å². The first kappa shape index (κ1) is 14.4. The molecule has 0 saturated carbocycles. The van der Waals surface area contributed by atoms with E-state index in [2.05, 4.69) is 24.3 Å². The zero-order chi connectivity index (χ0) is 14.8. The Morgan fingerprint density at radius 1 is 1.24 bits per heavy atom. The molecule has 21 heavy (non-hydrogen) atoms. The van der Waals surface area contributed by atoms with Gasteiger partial charge in [0.1, 0.15) is 5.75 Å². The van der Waals surface area contributed by atoms with Gasteiger partial charge in [-0.15, -0.1) is 0 Å². The predicted molar refractivity (Wildman–Crippen MR) is 87.1 cm³/mol. The summed E-state index contributed by atoms with van der Waals surface area (Å²) in [5.41, 5.74) is 11.1. The third-order valence-electron chi connectivity index (χ3n) is 4.12.